The Morgan fingerprint density at radius 2 is 1.73 bits per heavy atom. The SMILES string of the molecule is CC(C)Oc1ccc(-c2cc(O[C@@H]3C[C@H]4C(=O)N[C@]5(C(=O)NS(=O)(=O)C6(C)CC6)C[C@H]5C=CCC[C@@H](C)C[C@@H](C)[C@H](NC(=O)O)C(=O)N4C3)cc(-c3ccccn3)n2)cc1. The summed E-state index contributed by atoms with van der Waals surface area (Å²) in [5, 5.41) is 15.2. The van der Waals surface area contributed by atoms with Crippen molar-refractivity contribution in [2.75, 3.05) is 6.54 Å². The maximum atomic E-state index is 14.6. The minimum Gasteiger partial charge on any atom is -0.491 e. The average Bonchev–Trinajstić information content (AvgIpc) is 4.08. The molecule has 3 fully saturated rings. The molecule has 0 radical (unpaired) electrons. The smallest absolute Gasteiger partial charge is 0.405 e. The van der Waals surface area contributed by atoms with Crippen molar-refractivity contribution in [3.63, 3.8) is 0 Å². The summed E-state index contributed by atoms with van der Waals surface area (Å²) in [7, 11) is -4.03. The zero-order chi connectivity index (χ0) is 43.0. The highest BCUT2D eigenvalue weighted by atomic mass is 32.2. The van der Waals surface area contributed by atoms with Gasteiger partial charge in [-0.15, -0.1) is 0 Å². The summed E-state index contributed by atoms with van der Waals surface area (Å²) < 4.78 is 40.1. The first-order chi connectivity index (χ1) is 28.5. The van der Waals surface area contributed by atoms with Gasteiger partial charge in [0.15, 0.2) is 0 Å². The van der Waals surface area contributed by atoms with Crippen LogP contribution in [0.3, 0.4) is 0 Å². The molecule has 0 spiro atoms. The molecule has 3 aromatic rings. The highest BCUT2D eigenvalue weighted by molar-refractivity contribution is 7.91. The van der Waals surface area contributed by atoms with Crippen molar-refractivity contribution >= 4 is 33.8 Å². The number of nitrogens with zero attached hydrogens (tertiary/aromatic N) is 3. The molecule has 4 N–H and O–H groups in total. The van der Waals surface area contributed by atoms with Gasteiger partial charge in [0.25, 0.3) is 5.91 Å². The summed E-state index contributed by atoms with van der Waals surface area (Å²) in [4.78, 5) is 66.0. The van der Waals surface area contributed by atoms with Gasteiger partial charge < -0.3 is 30.1 Å². The highest BCUT2D eigenvalue weighted by Crippen LogP contribution is 2.47. The van der Waals surface area contributed by atoms with Gasteiger partial charge >= 0.3 is 6.09 Å². The lowest BCUT2D eigenvalue weighted by Gasteiger charge is -2.32. The molecule has 1 aromatic carbocycles. The van der Waals surface area contributed by atoms with Crippen molar-refractivity contribution in [2.24, 2.45) is 17.8 Å². The van der Waals surface area contributed by atoms with Crippen molar-refractivity contribution < 1.29 is 42.2 Å². The fourth-order valence-electron chi connectivity index (χ4n) is 8.27. The van der Waals surface area contributed by atoms with Crippen LogP contribution in [0.2, 0.25) is 0 Å². The van der Waals surface area contributed by atoms with Gasteiger partial charge in [0.1, 0.15) is 35.2 Å². The zero-order valence-corrected chi connectivity index (χ0v) is 35.4. The average molecular weight is 843 g/mol. The Hall–Kier alpha value is -5.51. The third-order valence-electron chi connectivity index (χ3n) is 12.1. The number of pyridine rings is 2. The largest absolute Gasteiger partial charge is 0.491 e. The van der Waals surface area contributed by atoms with Crippen LogP contribution in [-0.2, 0) is 24.4 Å². The van der Waals surface area contributed by atoms with Crippen molar-refractivity contribution in [1.82, 2.24) is 30.2 Å². The summed E-state index contributed by atoms with van der Waals surface area (Å²) in [5.41, 5.74) is 0.914. The standard InChI is InChI=1S/C44H54N6O9S/c1-26(2)58-31-15-13-29(14-16-31)35-21-32(22-36(46-35)34-12-8-9-19-45-34)59-33-23-37-39(51)48-44(41(53)49-60(56,57)43(5)17-18-43)24-30(44)11-7-6-10-27(3)20-28(4)38(47-42(54)55)40(52)50(37)25-33/h7-9,11-16,19,21-22,26-28,30,33,37-38,47H,6,10,17-18,20,23-25H2,1-5H3,(H,48,51)(H,49,53)(H,54,55)/t27-,28-,30-,33-,37+,38+,44-/m1/s1. The second-order valence-electron chi connectivity index (χ2n) is 17.4. The quantitative estimate of drug-likeness (QED) is 0.188. The molecule has 15 nitrogen and oxygen atoms in total. The number of nitrogens with one attached hydrogen (secondary N) is 3. The molecule has 4 heterocycles. The van der Waals surface area contributed by atoms with Crippen molar-refractivity contribution in [2.45, 2.75) is 114 Å². The maximum Gasteiger partial charge on any atom is 0.405 e. The molecular formula is C44H54N6O9S. The number of sulfonamides is 1. The van der Waals surface area contributed by atoms with Crippen LogP contribution >= 0.6 is 0 Å². The normalized spacial score (nSPS) is 27.7. The van der Waals surface area contributed by atoms with Crippen LogP contribution in [0.5, 0.6) is 11.5 Å². The molecule has 0 unspecified atom stereocenters. The Morgan fingerprint density at radius 1 is 1.00 bits per heavy atom. The van der Waals surface area contributed by atoms with E-state index in [0.717, 1.165) is 12.0 Å². The molecule has 4 amide bonds. The van der Waals surface area contributed by atoms with Crippen molar-refractivity contribution in [3.05, 3.63) is 72.9 Å². The van der Waals surface area contributed by atoms with E-state index in [2.05, 4.69) is 20.3 Å². The van der Waals surface area contributed by atoms with Crippen LogP contribution in [0, 0.1) is 17.8 Å². The first-order valence-corrected chi connectivity index (χ1v) is 22.2. The summed E-state index contributed by atoms with van der Waals surface area (Å²) in [6, 6.07) is 14.1. The number of ether oxygens (including phenoxy) is 2. The van der Waals surface area contributed by atoms with Crippen LogP contribution in [0.1, 0.15) is 79.6 Å². The number of allylic oxidation sites excluding steroid dienone is 1. The van der Waals surface area contributed by atoms with E-state index in [4.69, 9.17) is 14.5 Å². The van der Waals surface area contributed by atoms with E-state index < -0.39 is 74.1 Å². The van der Waals surface area contributed by atoms with Crippen LogP contribution in [0.4, 0.5) is 4.79 Å². The molecule has 7 rings (SSSR count). The van der Waals surface area contributed by atoms with Crippen LogP contribution in [0.25, 0.3) is 22.6 Å². The van der Waals surface area contributed by atoms with Gasteiger partial charge in [0.05, 0.1) is 34.5 Å². The van der Waals surface area contributed by atoms with E-state index in [1.807, 2.05) is 76.2 Å². The molecule has 2 aliphatic carbocycles. The third kappa shape index (κ3) is 9.28. The predicted molar refractivity (Wildman–Crippen MR) is 223 cm³/mol. The molecule has 1 saturated heterocycles. The van der Waals surface area contributed by atoms with Gasteiger partial charge in [-0.3, -0.25) is 24.1 Å². The van der Waals surface area contributed by atoms with Crippen LogP contribution < -0.4 is 24.8 Å². The Labute approximate surface area is 350 Å². The Bertz CT molecular complexity index is 2250. The summed E-state index contributed by atoms with van der Waals surface area (Å²) in [5.74, 6) is -1.80. The summed E-state index contributed by atoms with van der Waals surface area (Å²) in [6.07, 6.45) is 6.21. The Kier molecular flexibility index (Phi) is 12.0. The number of aromatic nitrogens is 2. The van der Waals surface area contributed by atoms with E-state index in [1.54, 1.807) is 31.3 Å². The van der Waals surface area contributed by atoms with E-state index >= 15 is 0 Å². The second-order valence-corrected chi connectivity index (χ2v) is 19.6. The first-order valence-electron chi connectivity index (χ1n) is 20.7. The number of amides is 4. The predicted octanol–water partition coefficient (Wildman–Crippen LogP) is 5.47. The monoisotopic (exact) mass is 842 g/mol. The third-order valence-corrected chi connectivity index (χ3v) is 14.2. The van der Waals surface area contributed by atoms with Gasteiger partial charge in [-0.1, -0.05) is 32.1 Å². The van der Waals surface area contributed by atoms with Crippen LogP contribution in [0.15, 0.2) is 72.9 Å². The molecule has 2 aromatic heterocycles. The summed E-state index contributed by atoms with van der Waals surface area (Å²) in [6.45, 7) is 9.24. The number of rotatable bonds is 10. The molecule has 60 heavy (non-hydrogen) atoms. The van der Waals surface area contributed by atoms with Gasteiger partial charge in [0.2, 0.25) is 21.8 Å². The van der Waals surface area contributed by atoms with Gasteiger partial charge in [-0.25, -0.2) is 18.2 Å². The minimum absolute atomic E-state index is 0.00434. The lowest BCUT2D eigenvalue weighted by atomic mass is 9.88. The Morgan fingerprint density at radius 3 is 2.40 bits per heavy atom. The molecule has 0 bridgehead atoms. The van der Waals surface area contributed by atoms with E-state index in [-0.39, 0.29) is 31.4 Å². The maximum absolute atomic E-state index is 14.6. The molecule has 2 saturated carbocycles. The lowest BCUT2D eigenvalue weighted by Crippen LogP contribution is -2.59. The fraction of sp³-hybridized carbons (Fsp3) is 0.500. The molecule has 7 atom stereocenters. The molecular weight excluding hydrogens is 789 g/mol. The number of carbonyl (C=O) groups excluding carboxylic acids is 3. The van der Waals surface area contributed by atoms with E-state index in [1.165, 1.54) is 4.90 Å². The minimum atomic E-state index is -4.03. The van der Waals surface area contributed by atoms with E-state index in [0.29, 0.717) is 54.3 Å². The molecule has 4 aliphatic rings. The van der Waals surface area contributed by atoms with Gasteiger partial charge in [-0.05, 0) is 108 Å². The van der Waals surface area contributed by atoms with Gasteiger partial charge in [0, 0.05) is 36.2 Å². The molecule has 320 valence electrons. The number of fused-ring (bicyclic) bond motifs is 2. The summed E-state index contributed by atoms with van der Waals surface area (Å²) >= 11 is 0. The highest BCUT2D eigenvalue weighted by Gasteiger charge is 2.63. The van der Waals surface area contributed by atoms with Crippen LogP contribution in [-0.4, -0.2) is 93.3 Å². The van der Waals surface area contributed by atoms with Crippen molar-refractivity contribution in [3.8, 4) is 34.1 Å². The number of hydrogen-bond acceptors (Lipinski definition) is 10. The second kappa shape index (κ2) is 16.9. The molecule has 2 aliphatic heterocycles. The first kappa shape index (κ1) is 42.6. The number of benzene rings is 1. The fourth-order valence-corrected chi connectivity index (χ4v) is 9.58. The number of carbonyl (C=O) groups is 4. The zero-order valence-electron chi connectivity index (χ0n) is 34.6. The van der Waals surface area contributed by atoms with Gasteiger partial charge in [-0.2, -0.15) is 0 Å². The van der Waals surface area contributed by atoms with Crippen molar-refractivity contribution in [1.29, 1.82) is 0 Å². The number of hydrogen-bond donors (Lipinski definition) is 4. The lowest BCUT2D eigenvalue weighted by molar-refractivity contribution is -0.142. The molecule has 16 heteroatoms. The Balaban J connectivity index is 1.23. The van der Waals surface area contributed by atoms with E-state index in [9.17, 15) is 32.7 Å². The topological polar surface area (TPSA) is 206 Å². The number of carboxylic acid groups (broad SMARTS) is 1.